The number of amides is 1. The first-order valence-electron chi connectivity index (χ1n) is 10.6. The van der Waals surface area contributed by atoms with E-state index in [1.807, 2.05) is 27.7 Å². The van der Waals surface area contributed by atoms with Crippen LogP contribution < -0.4 is 5.32 Å². The van der Waals surface area contributed by atoms with E-state index in [-0.39, 0.29) is 24.2 Å². The van der Waals surface area contributed by atoms with Gasteiger partial charge in [0.15, 0.2) is 5.78 Å². The number of ketones is 1. The molecule has 0 spiro atoms. The van der Waals surface area contributed by atoms with Crippen molar-refractivity contribution in [1.29, 1.82) is 0 Å². The van der Waals surface area contributed by atoms with Gasteiger partial charge in [-0.1, -0.05) is 53.7 Å². The van der Waals surface area contributed by atoms with Crippen LogP contribution in [0.2, 0.25) is 0 Å². The molecule has 0 aliphatic rings. The number of allylic oxidation sites excluding steroid dienone is 1. The Bertz CT molecular complexity index is 557. The van der Waals surface area contributed by atoms with Gasteiger partial charge in [-0.2, -0.15) is 0 Å². The maximum atomic E-state index is 11.6. The Labute approximate surface area is 176 Å². The number of ether oxygens (including phenoxy) is 2. The zero-order valence-electron chi connectivity index (χ0n) is 19.2. The fourth-order valence-corrected chi connectivity index (χ4v) is 1.74. The third-order valence-corrected chi connectivity index (χ3v) is 3.18. The van der Waals surface area contributed by atoms with Gasteiger partial charge in [0, 0.05) is 18.6 Å². The Morgan fingerprint density at radius 2 is 1.69 bits per heavy atom. The minimum Gasteiger partial charge on any atom is -0.379 e. The largest absolute Gasteiger partial charge is 0.379 e. The number of carbonyl (C=O) groups is 2. The predicted molar refractivity (Wildman–Crippen MR) is 115 cm³/mol. The number of rotatable bonds is 13. The zero-order chi connectivity index (χ0) is 22.5. The van der Waals surface area contributed by atoms with Gasteiger partial charge < -0.3 is 14.8 Å². The molecule has 1 amide bonds. The van der Waals surface area contributed by atoms with Gasteiger partial charge in [-0.15, -0.1) is 5.10 Å². The van der Waals surface area contributed by atoms with E-state index in [1.165, 1.54) is 12.2 Å². The van der Waals surface area contributed by atoms with Gasteiger partial charge in [0.2, 0.25) is 5.91 Å². The topological polar surface area (TPSA) is 95.3 Å². The molecule has 1 aromatic heterocycles. The molecule has 168 valence electrons. The highest BCUT2D eigenvalue weighted by atomic mass is 16.5. The summed E-state index contributed by atoms with van der Waals surface area (Å²) in [6, 6.07) is 0. The van der Waals surface area contributed by atoms with Gasteiger partial charge in [-0.25, -0.2) is 4.68 Å². The summed E-state index contributed by atoms with van der Waals surface area (Å²) in [7, 11) is 0. The Balaban J connectivity index is 0. The third-order valence-electron chi connectivity index (χ3n) is 3.18. The van der Waals surface area contributed by atoms with Crippen LogP contribution in [-0.4, -0.2) is 53.1 Å². The quantitative estimate of drug-likeness (QED) is 0.395. The molecular formula is C21H40N4O4. The van der Waals surface area contributed by atoms with Crippen LogP contribution in [0.4, 0.5) is 0 Å². The molecule has 1 N–H and O–H groups in total. The molecule has 0 aliphatic carbocycles. The molecule has 0 aliphatic heterocycles. The van der Waals surface area contributed by atoms with E-state index < -0.39 is 0 Å². The second-order valence-corrected chi connectivity index (χ2v) is 5.81. The van der Waals surface area contributed by atoms with Gasteiger partial charge in [0.05, 0.1) is 39.1 Å². The lowest BCUT2D eigenvalue weighted by molar-refractivity contribution is -0.119. The monoisotopic (exact) mass is 412 g/mol. The van der Waals surface area contributed by atoms with E-state index >= 15 is 0 Å². The van der Waals surface area contributed by atoms with Crippen LogP contribution in [0.1, 0.15) is 60.6 Å². The first kappa shape index (κ1) is 29.1. The second-order valence-electron chi connectivity index (χ2n) is 5.81. The lowest BCUT2D eigenvalue weighted by Gasteiger charge is -2.04. The van der Waals surface area contributed by atoms with E-state index in [0.29, 0.717) is 32.1 Å². The van der Waals surface area contributed by atoms with Crippen LogP contribution >= 0.6 is 0 Å². The first-order chi connectivity index (χ1) is 14.0. The SMILES string of the molecule is CC.CC.CCCOCCOCCn1cc(CNC(=O)/C=C\C(=O)C(C)C)nn1. The van der Waals surface area contributed by atoms with Crippen LogP contribution in [0.3, 0.4) is 0 Å². The van der Waals surface area contributed by atoms with Gasteiger partial charge in [-0.05, 0) is 12.5 Å². The molecular weight excluding hydrogens is 372 g/mol. The summed E-state index contributed by atoms with van der Waals surface area (Å²) in [5.74, 6) is -0.537. The van der Waals surface area contributed by atoms with Crippen molar-refractivity contribution in [3.8, 4) is 0 Å². The van der Waals surface area contributed by atoms with Crippen LogP contribution in [0.15, 0.2) is 18.3 Å². The molecule has 1 aromatic rings. The van der Waals surface area contributed by atoms with E-state index in [2.05, 4.69) is 22.6 Å². The van der Waals surface area contributed by atoms with Crippen LogP contribution in [0, 0.1) is 5.92 Å². The molecule has 0 radical (unpaired) electrons. The van der Waals surface area contributed by atoms with Gasteiger partial charge in [0.1, 0.15) is 5.69 Å². The minimum absolute atomic E-state index is 0.0822. The highest BCUT2D eigenvalue weighted by Gasteiger charge is 2.05. The number of carbonyl (C=O) groups excluding carboxylic acids is 2. The standard InChI is InChI=1S/C17H28N4O4.2C2H6/c1-4-8-24-10-11-25-9-7-21-13-15(19-20-21)12-18-17(23)6-5-16(22)14(2)3;2*1-2/h5-6,13-14H,4,7-12H2,1-3H3,(H,18,23);2*1-2H3/b6-5-;;. The van der Waals surface area contributed by atoms with Crippen molar-refractivity contribution in [2.45, 2.75) is 68.0 Å². The van der Waals surface area contributed by atoms with E-state index in [1.54, 1.807) is 24.7 Å². The summed E-state index contributed by atoms with van der Waals surface area (Å²) < 4.78 is 12.4. The van der Waals surface area contributed by atoms with Gasteiger partial charge in [-0.3, -0.25) is 9.59 Å². The molecule has 0 saturated carbocycles. The normalized spacial score (nSPS) is 10.2. The molecule has 8 nitrogen and oxygen atoms in total. The molecule has 0 bridgehead atoms. The van der Waals surface area contributed by atoms with Crippen molar-refractivity contribution in [3.63, 3.8) is 0 Å². The fourth-order valence-electron chi connectivity index (χ4n) is 1.74. The van der Waals surface area contributed by atoms with E-state index in [4.69, 9.17) is 9.47 Å². The molecule has 0 fully saturated rings. The average molecular weight is 413 g/mol. The number of hydrogen-bond donors (Lipinski definition) is 1. The van der Waals surface area contributed by atoms with Crippen molar-refractivity contribution in [2.75, 3.05) is 26.4 Å². The lowest BCUT2D eigenvalue weighted by atomic mass is 10.1. The van der Waals surface area contributed by atoms with Crippen molar-refractivity contribution < 1.29 is 19.1 Å². The minimum atomic E-state index is -0.334. The Hall–Kier alpha value is -2.06. The van der Waals surface area contributed by atoms with Crippen molar-refractivity contribution >= 4 is 11.7 Å². The maximum absolute atomic E-state index is 11.6. The maximum Gasteiger partial charge on any atom is 0.244 e. The molecule has 0 unspecified atom stereocenters. The van der Waals surface area contributed by atoms with Crippen LogP contribution in [0.25, 0.3) is 0 Å². The third kappa shape index (κ3) is 16.6. The van der Waals surface area contributed by atoms with Crippen LogP contribution in [0.5, 0.6) is 0 Å². The summed E-state index contributed by atoms with van der Waals surface area (Å²) in [5, 5.41) is 10.6. The first-order valence-corrected chi connectivity index (χ1v) is 10.6. The second kappa shape index (κ2) is 20.7. The summed E-state index contributed by atoms with van der Waals surface area (Å²) in [6.45, 7) is 16.9. The number of nitrogens with one attached hydrogen (secondary N) is 1. The van der Waals surface area contributed by atoms with Crippen molar-refractivity contribution in [3.05, 3.63) is 24.0 Å². The zero-order valence-corrected chi connectivity index (χ0v) is 19.2. The van der Waals surface area contributed by atoms with Crippen LogP contribution in [-0.2, 0) is 32.2 Å². The highest BCUT2D eigenvalue weighted by molar-refractivity contribution is 5.98. The summed E-state index contributed by atoms with van der Waals surface area (Å²) in [5.41, 5.74) is 0.642. The smallest absolute Gasteiger partial charge is 0.244 e. The fraction of sp³-hybridized carbons (Fsp3) is 0.714. The summed E-state index contributed by atoms with van der Waals surface area (Å²) in [6.07, 6.45) is 5.28. The summed E-state index contributed by atoms with van der Waals surface area (Å²) >= 11 is 0. The average Bonchev–Trinajstić information content (AvgIpc) is 3.20. The number of aromatic nitrogens is 3. The van der Waals surface area contributed by atoms with E-state index in [9.17, 15) is 9.59 Å². The van der Waals surface area contributed by atoms with Gasteiger partial charge in [0.25, 0.3) is 0 Å². The Morgan fingerprint density at radius 3 is 2.28 bits per heavy atom. The van der Waals surface area contributed by atoms with Crippen molar-refractivity contribution in [2.24, 2.45) is 5.92 Å². The van der Waals surface area contributed by atoms with E-state index in [0.717, 1.165) is 13.0 Å². The Kier molecular flexibility index (Phi) is 20.8. The highest BCUT2D eigenvalue weighted by Crippen LogP contribution is 1.96. The Morgan fingerprint density at radius 1 is 1.07 bits per heavy atom. The molecule has 0 aromatic carbocycles. The molecule has 0 atom stereocenters. The van der Waals surface area contributed by atoms with Crippen molar-refractivity contribution in [1.82, 2.24) is 20.3 Å². The molecule has 0 saturated heterocycles. The molecule has 29 heavy (non-hydrogen) atoms. The lowest BCUT2D eigenvalue weighted by Crippen LogP contribution is -2.21. The molecule has 1 rings (SSSR count). The van der Waals surface area contributed by atoms with Gasteiger partial charge >= 0.3 is 0 Å². The molecule has 1 heterocycles. The molecule has 8 heteroatoms. The summed E-state index contributed by atoms with van der Waals surface area (Å²) in [4.78, 5) is 23.0. The number of hydrogen-bond acceptors (Lipinski definition) is 6. The predicted octanol–water partition coefficient (Wildman–Crippen LogP) is 3.17. The number of nitrogens with zero attached hydrogens (tertiary/aromatic N) is 3.